The number of furan rings is 1. The number of carbonyl (C=O) groups excluding carboxylic acids is 1. The summed E-state index contributed by atoms with van der Waals surface area (Å²) in [5.74, 6) is 0.652. The van der Waals surface area contributed by atoms with E-state index in [0.717, 1.165) is 54.4 Å². The largest absolute Gasteiger partial charge is 0.461 e. The van der Waals surface area contributed by atoms with E-state index in [-0.39, 0.29) is 17.3 Å². The minimum Gasteiger partial charge on any atom is -0.461 e. The van der Waals surface area contributed by atoms with Crippen LogP contribution in [-0.4, -0.2) is 32.4 Å². The Bertz CT molecular complexity index is 1480. The fourth-order valence-corrected chi connectivity index (χ4v) is 4.32. The van der Waals surface area contributed by atoms with E-state index in [9.17, 15) is 14.4 Å². The third kappa shape index (κ3) is 3.86. The smallest absolute Gasteiger partial charge is 0.330 e. The molecular formula is C25H26N4O4. The highest BCUT2D eigenvalue weighted by molar-refractivity contribution is 5.97. The summed E-state index contributed by atoms with van der Waals surface area (Å²) in [6.07, 6.45) is 6.08. The second-order valence-electron chi connectivity index (χ2n) is 8.72. The van der Waals surface area contributed by atoms with Crippen molar-refractivity contribution in [3.8, 4) is 0 Å². The van der Waals surface area contributed by atoms with Crippen molar-refractivity contribution in [2.75, 3.05) is 7.05 Å². The van der Waals surface area contributed by atoms with Gasteiger partial charge in [-0.25, -0.2) is 9.78 Å². The Morgan fingerprint density at radius 3 is 2.79 bits per heavy atom. The minimum atomic E-state index is -0.528. The van der Waals surface area contributed by atoms with Gasteiger partial charge in [-0.15, -0.1) is 0 Å². The SMILES string of the molecule is CCCCc1oc2ccccc2c1CN(C)C(=O)c1cnc2c(c1)c(=O)[nH]c(=O)n2C1CC1. The standard InChI is InChI=1S/C25H26N4O4/c1-3-4-8-21-19(17-7-5-6-9-20(17)33-21)14-28(2)24(31)15-12-18-22(26-13-15)29(16-10-11-16)25(32)27-23(18)30/h5-7,9,12-13,16H,3-4,8,10-11,14H2,1-2H3,(H,27,30,32). The first-order valence-corrected chi connectivity index (χ1v) is 11.4. The van der Waals surface area contributed by atoms with Gasteiger partial charge in [-0.1, -0.05) is 31.5 Å². The van der Waals surface area contributed by atoms with Gasteiger partial charge in [0.2, 0.25) is 0 Å². The van der Waals surface area contributed by atoms with Gasteiger partial charge in [-0.3, -0.25) is 19.1 Å². The topological polar surface area (TPSA) is 101 Å². The number of benzene rings is 1. The summed E-state index contributed by atoms with van der Waals surface area (Å²) in [5.41, 5.74) is 1.47. The number of aryl methyl sites for hydroxylation is 1. The number of pyridine rings is 1. The van der Waals surface area contributed by atoms with Gasteiger partial charge < -0.3 is 9.32 Å². The number of hydrogen-bond acceptors (Lipinski definition) is 5. The maximum Gasteiger partial charge on any atom is 0.330 e. The number of amides is 1. The quantitative estimate of drug-likeness (QED) is 0.466. The molecule has 0 atom stereocenters. The Morgan fingerprint density at radius 2 is 2.03 bits per heavy atom. The number of nitrogens with one attached hydrogen (secondary N) is 1. The third-order valence-corrected chi connectivity index (χ3v) is 6.22. The first-order chi connectivity index (χ1) is 16.0. The number of aromatic nitrogens is 3. The molecule has 1 aliphatic rings. The molecule has 1 N–H and O–H groups in total. The molecule has 170 valence electrons. The second-order valence-corrected chi connectivity index (χ2v) is 8.72. The van der Waals surface area contributed by atoms with Gasteiger partial charge in [-0.05, 0) is 31.4 Å². The summed E-state index contributed by atoms with van der Waals surface area (Å²) in [4.78, 5) is 46.3. The Morgan fingerprint density at radius 1 is 1.24 bits per heavy atom. The molecular weight excluding hydrogens is 420 g/mol. The van der Waals surface area contributed by atoms with Crippen molar-refractivity contribution in [2.24, 2.45) is 0 Å². The van der Waals surface area contributed by atoms with Crippen molar-refractivity contribution in [2.45, 2.75) is 51.6 Å². The zero-order valence-corrected chi connectivity index (χ0v) is 18.8. The number of para-hydroxylation sites is 1. The van der Waals surface area contributed by atoms with Crippen LogP contribution in [0.25, 0.3) is 22.0 Å². The van der Waals surface area contributed by atoms with Crippen LogP contribution in [-0.2, 0) is 13.0 Å². The number of H-pyrrole nitrogens is 1. The molecule has 0 spiro atoms. The van der Waals surface area contributed by atoms with Crippen LogP contribution >= 0.6 is 0 Å². The highest BCUT2D eigenvalue weighted by Crippen LogP contribution is 2.34. The Labute approximate surface area is 189 Å². The first-order valence-electron chi connectivity index (χ1n) is 11.4. The molecule has 1 fully saturated rings. The van der Waals surface area contributed by atoms with E-state index in [0.29, 0.717) is 17.8 Å². The Hall–Kier alpha value is -3.68. The Balaban J connectivity index is 1.48. The minimum absolute atomic E-state index is 0.0597. The molecule has 0 unspecified atom stereocenters. The van der Waals surface area contributed by atoms with Gasteiger partial charge in [0.1, 0.15) is 17.0 Å². The van der Waals surface area contributed by atoms with Crippen LogP contribution in [0.5, 0.6) is 0 Å². The first kappa shape index (κ1) is 21.2. The lowest BCUT2D eigenvalue weighted by Gasteiger charge is -2.18. The van der Waals surface area contributed by atoms with E-state index in [4.69, 9.17) is 4.42 Å². The number of rotatable bonds is 7. The summed E-state index contributed by atoms with van der Waals surface area (Å²) in [6, 6.07) is 9.44. The monoisotopic (exact) mass is 446 g/mol. The average Bonchev–Trinajstić information content (AvgIpc) is 3.59. The lowest BCUT2D eigenvalue weighted by Crippen LogP contribution is -2.31. The number of fused-ring (bicyclic) bond motifs is 2. The van der Waals surface area contributed by atoms with E-state index in [1.165, 1.54) is 16.8 Å². The molecule has 1 aliphatic carbocycles. The molecule has 0 aliphatic heterocycles. The molecule has 4 aromatic rings. The van der Waals surface area contributed by atoms with Gasteiger partial charge in [0.15, 0.2) is 0 Å². The highest BCUT2D eigenvalue weighted by atomic mass is 16.3. The molecule has 1 aromatic carbocycles. The summed E-state index contributed by atoms with van der Waals surface area (Å²) < 4.78 is 7.61. The van der Waals surface area contributed by atoms with Gasteiger partial charge in [-0.2, -0.15) is 0 Å². The molecule has 8 heteroatoms. The number of aromatic amines is 1. The van der Waals surface area contributed by atoms with Crippen LogP contribution in [0.15, 0.2) is 50.5 Å². The average molecular weight is 447 g/mol. The lowest BCUT2D eigenvalue weighted by molar-refractivity contribution is 0.0784. The van der Waals surface area contributed by atoms with Crippen LogP contribution in [0.2, 0.25) is 0 Å². The molecule has 1 amide bonds. The van der Waals surface area contributed by atoms with E-state index in [1.807, 2.05) is 24.3 Å². The Kier molecular flexibility index (Phi) is 5.36. The van der Waals surface area contributed by atoms with Crippen LogP contribution in [0.1, 0.15) is 60.3 Å². The van der Waals surface area contributed by atoms with E-state index in [1.54, 1.807) is 11.9 Å². The summed E-state index contributed by atoms with van der Waals surface area (Å²) in [7, 11) is 1.73. The van der Waals surface area contributed by atoms with E-state index < -0.39 is 11.2 Å². The number of unbranched alkanes of at least 4 members (excludes halogenated alkanes) is 1. The van der Waals surface area contributed by atoms with Gasteiger partial charge in [0.25, 0.3) is 11.5 Å². The molecule has 0 saturated heterocycles. The molecule has 0 bridgehead atoms. The van der Waals surface area contributed by atoms with Crippen molar-refractivity contribution in [1.82, 2.24) is 19.4 Å². The summed E-state index contributed by atoms with van der Waals surface area (Å²) in [5, 5.41) is 1.25. The molecule has 3 aromatic heterocycles. The zero-order valence-electron chi connectivity index (χ0n) is 18.8. The highest BCUT2D eigenvalue weighted by Gasteiger charge is 2.28. The van der Waals surface area contributed by atoms with Crippen molar-refractivity contribution in [3.63, 3.8) is 0 Å². The fourth-order valence-electron chi connectivity index (χ4n) is 4.32. The van der Waals surface area contributed by atoms with Crippen molar-refractivity contribution in [3.05, 3.63) is 74.3 Å². The van der Waals surface area contributed by atoms with Gasteiger partial charge in [0, 0.05) is 43.2 Å². The second kappa shape index (κ2) is 8.35. The number of hydrogen-bond donors (Lipinski definition) is 1. The maximum atomic E-state index is 13.3. The predicted octanol–water partition coefficient (Wildman–Crippen LogP) is 3.78. The van der Waals surface area contributed by atoms with Crippen LogP contribution < -0.4 is 11.2 Å². The van der Waals surface area contributed by atoms with Crippen molar-refractivity contribution in [1.29, 1.82) is 0 Å². The van der Waals surface area contributed by atoms with E-state index >= 15 is 0 Å². The zero-order chi connectivity index (χ0) is 23.1. The van der Waals surface area contributed by atoms with Crippen LogP contribution in [0.3, 0.4) is 0 Å². The van der Waals surface area contributed by atoms with Gasteiger partial charge >= 0.3 is 5.69 Å². The predicted molar refractivity (Wildman–Crippen MR) is 126 cm³/mol. The lowest BCUT2D eigenvalue weighted by atomic mass is 10.1. The third-order valence-electron chi connectivity index (χ3n) is 6.22. The number of nitrogens with zero attached hydrogens (tertiary/aromatic N) is 3. The van der Waals surface area contributed by atoms with Crippen molar-refractivity contribution < 1.29 is 9.21 Å². The molecule has 33 heavy (non-hydrogen) atoms. The molecule has 0 radical (unpaired) electrons. The van der Waals surface area contributed by atoms with E-state index in [2.05, 4.69) is 16.9 Å². The van der Waals surface area contributed by atoms with Crippen LogP contribution in [0, 0.1) is 0 Å². The molecule has 1 saturated carbocycles. The fraction of sp³-hybridized carbons (Fsp3) is 0.360. The number of carbonyl (C=O) groups is 1. The molecule has 8 nitrogen and oxygen atoms in total. The normalized spacial score (nSPS) is 13.6. The van der Waals surface area contributed by atoms with Gasteiger partial charge in [0.05, 0.1) is 10.9 Å². The molecule has 3 heterocycles. The summed E-state index contributed by atoms with van der Waals surface area (Å²) in [6.45, 7) is 2.51. The summed E-state index contributed by atoms with van der Waals surface area (Å²) >= 11 is 0. The molecule has 5 rings (SSSR count). The van der Waals surface area contributed by atoms with Crippen LogP contribution in [0.4, 0.5) is 0 Å². The maximum absolute atomic E-state index is 13.3. The van der Waals surface area contributed by atoms with Crippen molar-refractivity contribution >= 4 is 27.9 Å².